The number of carbonyl (C=O) groups is 2. The first kappa shape index (κ1) is 14.5. The van der Waals surface area contributed by atoms with Crippen LogP contribution < -0.4 is 0 Å². The molecule has 0 aromatic rings. The van der Waals surface area contributed by atoms with Crippen molar-refractivity contribution in [3.05, 3.63) is 12.2 Å². The predicted molar refractivity (Wildman–Crippen MR) is 73.6 cm³/mol. The largest absolute Gasteiger partial charge is 0.481 e. The van der Waals surface area contributed by atoms with Crippen molar-refractivity contribution < 1.29 is 24.2 Å². The minimum absolute atomic E-state index is 0.0983. The van der Waals surface area contributed by atoms with Gasteiger partial charge in [-0.3, -0.25) is 9.59 Å². The molecule has 6 nitrogen and oxygen atoms in total. The van der Waals surface area contributed by atoms with E-state index >= 15 is 0 Å². The van der Waals surface area contributed by atoms with Crippen LogP contribution in [-0.2, 0) is 19.1 Å². The number of nitrogens with zero attached hydrogens (tertiary/aromatic N) is 1. The van der Waals surface area contributed by atoms with Crippen LogP contribution in [0.1, 0.15) is 20.3 Å². The van der Waals surface area contributed by atoms with Gasteiger partial charge in [0.1, 0.15) is 11.5 Å². The standard InChI is InChI=1S/C15H21NO5/c1-9(2)20-7-3-6-16-8-15-5-4-10(21-15)11(14(18)19)12(15)13(16)17/h4-5,9-12H,3,6-8H2,1-2H3,(H,18,19)/t10-,11+,12-,15-/m0/s1. The van der Waals surface area contributed by atoms with Crippen LogP contribution in [0.4, 0.5) is 0 Å². The van der Waals surface area contributed by atoms with Gasteiger partial charge in [0.15, 0.2) is 0 Å². The van der Waals surface area contributed by atoms with E-state index in [9.17, 15) is 14.7 Å². The number of fused-ring (bicyclic) bond motifs is 1. The molecule has 1 amide bonds. The molecule has 21 heavy (non-hydrogen) atoms. The number of hydrogen-bond acceptors (Lipinski definition) is 4. The van der Waals surface area contributed by atoms with Gasteiger partial charge in [0.25, 0.3) is 0 Å². The van der Waals surface area contributed by atoms with E-state index in [1.807, 2.05) is 19.9 Å². The Bertz CT molecular complexity index is 488. The van der Waals surface area contributed by atoms with Crippen LogP contribution in [0.15, 0.2) is 12.2 Å². The summed E-state index contributed by atoms with van der Waals surface area (Å²) in [6, 6.07) is 0. The molecule has 6 heteroatoms. The molecule has 2 bridgehead atoms. The topological polar surface area (TPSA) is 76.1 Å². The summed E-state index contributed by atoms with van der Waals surface area (Å²) in [5.74, 6) is -2.37. The van der Waals surface area contributed by atoms with Gasteiger partial charge in [-0.05, 0) is 20.3 Å². The van der Waals surface area contributed by atoms with Gasteiger partial charge < -0.3 is 19.5 Å². The number of amides is 1. The van der Waals surface area contributed by atoms with Gasteiger partial charge in [0, 0.05) is 13.2 Å². The summed E-state index contributed by atoms with van der Waals surface area (Å²) in [7, 11) is 0. The molecule has 3 heterocycles. The molecule has 1 spiro atoms. The highest BCUT2D eigenvalue weighted by Gasteiger charge is 2.66. The lowest BCUT2D eigenvalue weighted by Gasteiger charge is -2.21. The van der Waals surface area contributed by atoms with Crippen LogP contribution >= 0.6 is 0 Å². The van der Waals surface area contributed by atoms with Crippen LogP contribution in [-0.4, -0.2) is 59.4 Å². The van der Waals surface area contributed by atoms with E-state index in [0.717, 1.165) is 6.42 Å². The monoisotopic (exact) mass is 295 g/mol. The molecule has 4 atom stereocenters. The quantitative estimate of drug-likeness (QED) is 0.576. The number of carboxylic acids is 1. The second-order valence-electron chi connectivity index (χ2n) is 6.27. The minimum atomic E-state index is -0.949. The fraction of sp³-hybridized carbons (Fsp3) is 0.733. The Hall–Kier alpha value is -1.40. The Labute approximate surface area is 123 Å². The van der Waals surface area contributed by atoms with Crippen molar-refractivity contribution in [2.24, 2.45) is 11.8 Å². The zero-order chi connectivity index (χ0) is 15.2. The van der Waals surface area contributed by atoms with Crippen molar-refractivity contribution in [2.45, 2.75) is 38.1 Å². The Morgan fingerprint density at radius 2 is 2.38 bits per heavy atom. The van der Waals surface area contributed by atoms with Crippen molar-refractivity contribution in [2.75, 3.05) is 19.7 Å². The van der Waals surface area contributed by atoms with Gasteiger partial charge >= 0.3 is 5.97 Å². The van der Waals surface area contributed by atoms with E-state index in [0.29, 0.717) is 19.7 Å². The Morgan fingerprint density at radius 1 is 1.62 bits per heavy atom. The molecule has 3 aliphatic heterocycles. The van der Waals surface area contributed by atoms with Crippen molar-refractivity contribution >= 4 is 11.9 Å². The summed E-state index contributed by atoms with van der Waals surface area (Å²) in [6.07, 6.45) is 4.13. The van der Waals surface area contributed by atoms with E-state index in [-0.39, 0.29) is 12.0 Å². The fourth-order valence-corrected chi connectivity index (χ4v) is 3.62. The number of ether oxygens (including phenoxy) is 2. The van der Waals surface area contributed by atoms with Gasteiger partial charge in [0.2, 0.25) is 5.91 Å². The fourth-order valence-electron chi connectivity index (χ4n) is 3.62. The molecule has 0 aromatic carbocycles. The molecule has 0 radical (unpaired) electrons. The van der Waals surface area contributed by atoms with Crippen molar-refractivity contribution in [3.63, 3.8) is 0 Å². The highest BCUT2D eigenvalue weighted by atomic mass is 16.5. The zero-order valence-electron chi connectivity index (χ0n) is 12.3. The molecule has 3 aliphatic rings. The van der Waals surface area contributed by atoms with Crippen molar-refractivity contribution in [1.82, 2.24) is 4.90 Å². The lowest BCUT2D eigenvalue weighted by molar-refractivity contribution is -0.148. The third-order valence-corrected chi connectivity index (χ3v) is 4.49. The second kappa shape index (κ2) is 5.10. The number of carbonyl (C=O) groups excluding carboxylic acids is 1. The summed E-state index contributed by atoms with van der Waals surface area (Å²) in [5.41, 5.74) is -0.719. The van der Waals surface area contributed by atoms with Gasteiger partial charge in [-0.25, -0.2) is 0 Å². The molecule has 0 aromatic heterocycles. The van der Waals surface area contributed by atoms with Crippen LogP contribution in [0, 0.1) is 11.8 Å². The van der Waals surface area contributed by atoms with E-state index in [1.54, 1.807) is 11.0 Å². The number of aliphatic carboxylic acids is 1. The SMILES string of the molecule is CC(C)OCCCN1C[C@]23C=C[C@H](O2)[C@@H](C(=O)O)[C@H]3C1=O. The van der Waals surface area contributed by atoms with Crippen LogP contribution in [0.2, 0.25) is 0 Å². The van der Waals surface area contributed by atoms with Crippen molar-refractivity contribution in [1.29, 1.82) is 0 Å². The van der Waals surface area contributed by atoms with Gasteiger partial charge in [-0.2, -0.15) is 0 Å². The Kier molecular flexibility index (Phi) is 3.53. The maximum Gasteiger partial charge on any atom is 0.310 e. The van der Waals surface area contributed by atoms with Gasteiger partial charge in [0.05, 0.1) is 24.7 Å². The summed E-state index contributed by atoms with van der Waals surface area (Å²) >= 11 is 0. The Balaban J connectivity index is 1.65. The highest BCUT2D eigenvalue weighted by Crippen LogP contribution is 2.51. The minimum Gasteiger partial charge on any atom is -0.481 e. The third kappa shape index (κ3) is 2.26. The Morgan fingerprint density at radius 3 is 3.05 bits per heavy atom. The number of likely N-dealkylation sites (tertiary alicyclic amines) is 1. The van der Waals surface area contributed by atoms with E-state index in [2.05, 4.69) is 0 Å². The first-order valence-corrected chi connectivity index (χ1v) is 7.45. The molecule has 0 saturated carbocycles. The van der Waals surface area contributed by atoms with Crippen LogP contribution in [0.25, 0.3) is 0 Å². The predicted octanol–water partition coefficient (Wildman–Crippen LogP) is 0.668. The smallest absolute Gasteiger partial charge is 0.310 e. The average molecular weight is 295 g/mol. The first-order chi connectivity index (χ1) is 9.94. The second-order valence-corrected chi connectivity index (χ2v) is 6.27. The molecule has 0 aliphatic carbocycles. The molecule has 0 unspecified atom stereocenters. The van der Waals surface area contributed by atoms with Gasteiger partial charge in [-0.15, -0.1) is 0 Å². The zero-order valence-corrected chi connectivity index (χ0v) is 12.3. The molecular weight excluding hydrogens is 274 g/mol. The average Bonchev–Trinajstić information content (AvgIpc) is 3.03. The molecule has 2 fully saturated rings. The van der Waals surface area contributed by atoms with Crippen LogP contribution in [0.5, 0.6) is 0 Å². The number of carboxylic acid groups (broad SMARTS) is 1. The third-order valence-electron chi connectivity index (χ3n) is 4.49. The lowest BCUT2D eigenvalue weighted by atomic mass is 9.77. The van der Waals surface area contributed by atoms with Gasteiger partial charge in [-0.1, -0.05) is 12.2 Å². The van der Waals surface area contributed by atoms with E-state index in [4.69, 9.17) is 9.47 Å². The van der Waals surface area contributed by atoms with Crippen LogP contribution in [0.3, 0.4) is 0 Å². The molecular formula is C15H21NO5. The summed E-state index contributed by atoms with van der Waals surface area (Å²) in [5, 5.41) is 9.35. The normalized spacial score (nSPS) is 36.8. The number of rotatable bonds is 6. The summed E-state index contributed by atoms with van der Waals surface area (Å²) in [6.45, 7) is 5.58. The molecule has 3 rings (SSSR count). The maximum absolute atomic E-state index is 12.5. The first-order valence-electron chi connectivity index (χ1n) is 7.45. The summed E-state index contributed by atoms with van der Waals surface area (Å²) < 4.78 is 11.3. The van der Waals surface area contributed by atoms with Crippen molar-refractivity contribution in [3.8, 4) is 0 Å². The summed E-state index contributed by atoms with van der Waals surface area (Å²) in [4.78, 5) is 25.7. The maximum atomic E-state index is 12.5. The van der Waals surface area contributed by atoms with E-state index in [1.165, 1.54) is 0 Å². The number of hydrogen-bond donors (Lipinski definition) is 1. The highest BCUT2D eigenvalue weighted by molar-refractivity contribution is 5.90. The lowest BCUT2D eigenvalue weighted by Crippen LogP contribution is -2.39. The molecule has 2 saturated heterocycles. The van der Waals surface area contributed by atoms with E-state index < -0.39 is 29.5 Å². The molecule has 1 N–H and O–H groups in total. The molecule has 116 valence electrons.